The van der Waals surface area contributed by atoms with Crippen LogP contribution in [0.3, 0.4) is 0 Å². The average molecular weight is 376 g/mol. The van der Waals surface area contributed by atoms with Crippen molar-refractivity contribution >= 4 is 34.2 Å². The van der Waals surface area contributed by atoms with Crippen molar-refractivity contribution in [3.63, 3.8) is 0 Å². The second kappa shape index (κ2) is 7.61. The standard InChI is InChI=1S/C20H20N6O2/c21-18(27)13-7-4-8-14-17(13)23-11-24-19(14)26-16-10-22-9-15(16)20(28)25-12-5-2-1-3-6-12/h1-8,11,15-16,22H,9-10H2,(H2,21,27)(H,25,28)(H,23,24,26). The van der Waals surface area contributed by atoms with Gasteiger partial charge in [0.1, 0.15) is 12.1 Å². The number of rotatable bonds is 5. The first kappa shape index (κ1) is 17.9. The fourth-order valence-electron chi connectivity index (χ4n) is 3.44. The summed E-state index contributed by atoms with van der Waals surface area (Å²) in [6, 6.07) is 14.4. The van der Waals surface area contributed by atoms with Gasteiger partial charge < -0.3 is 21.7 Å². The largest absolute Gasteiger partial charge is 0.366 e. The van der Waals surface area contributed by atoms with E-state index >= 15 is 0 Å². The number of anilines is 2. The van der Waals surface area contributed by atoms with E-state index in [9.17, 15) is 9.59 Å². The third-order valence-electron chi connectivity index (χ3n) is 4.84. The van der Waals surface area contributed by atoms with Crippen molar-refractivity contribution < 1.29 is 9.59 Å². The molecule has 2 heterocycles. The van der Waals surface area contributed by atoms with Crippen LogP contribution in [0.4, 0.5) is 11.5 Å². The molecule has 1 aromatic heterocycles. The van der Waals surface area contributed by atoms with Crippen molar-refractivity contribution in [1.82, 2.24) is 15.3 Å². The minimum atomic E-state index is -0.544. The van der Waals surface area contributed by atoms with Crippen LogP contribution >= 0.6 is 0 Å². The summed E-state index contributed by atoms with van der Waals surface area (Å²) in [5.41, 5.74) is 7.04. The Morgan fingerprint density at radius 1 is 1.04 bits per heavy atom. The summed E-state index contributed by atoms with van der Waals surface area (Å²) in [4.78, 5) is 32.9. The topological polar surface area (TPSA) is 122 Å². The van der Waals surface area contributed by atoms with Crippen molar-refractivity contribution in [2.75, 3.05) is 23.7 Å². The summed E-state index contributed by atoms with van der Waals surface area (Å²) in [5.74, 6) is -0.313. The molecule has 2 atom stereocenters. The zero-order valence-corrected chi connectivity index (χ0v) is 15.1. The lowest BCUT2D eigenvalue weighted by atomic mass is 10.0. The molecule has 5 N–H and O–H groups in total. The number of carbonyl (C=O) groups excluding carboxylic acids is 2. The Hall–Kier alpha value is -3.52. The summed E-state index contributed by atoms with van der Waals surface area (Å²) in [5, 5.41) is 10.2. The van der Waals surface area contributed by atoms with Gasteiger partial charge in [-0.1, -0.05) is 24.3 Å². The van der Waals surface area contributed by atoms with Gasteiger partial charge in [0.05, 0.1) is 23.0 Å². The van der Waals surface area contributed by atoms with E-state index in [2.05, 4.69) is 25.9 Å². The van der Waals surface area contributed by atoms with Gasteiger partial charge in [0.25, 0.3) is 5.91 Å². The van der Waals surface area contributed by atoms with Crippen LogP contribution in [0.1, 0.15) is 10.4 Å². The first-order valence-electron chi connectivity index (χ1n) is 9.00. The molecule has 2 aromatic carbocycles. The predicted octanol–water partition coefficient (Wildman–Crippen LogP) is 1.37. The molecule has 3 aromatic rings. The minimum absolute atomic E-state index is 0.0649. The number of para-hydroxylation sites is 2. The maximum Gasteiger partial charge on any atom is 0.250 e. The van der Waals surface area contributed by atoms with Gasteiger partial charge in [-0.2, -0.15) is 0 Å². The van der Waals surface area contributed by atoms with Crippen molar-refractivity contribution in [1.29, 1.82) is 0 Å². The Bertz CT molecular complexity index is 1020. The lowest BCUT2D eigenvalue weighted by molar-refractivity contribution is -0.119. The smallest absolute Gasteiger partial charge is 0.250 e. The Morgan fingerprint density at radius 2 is 1.86 bits per heavy atom. The summed E-state index contributed by atoms with van der Waals surface area (Å²) in [6.45, 7) is 1.18. The molecule has 1 aliphatic rings. The molecule has 0 bridgehead atoms. The molecule has 1 fully saturated rings. The zero-order valence-electron chi connectivity index (χ0n) is 15.1. The number of aromatic nitrogens is 2. The second-order valence-electron chi connectivity index (χ2n) is 6.66. The Morgan fingerprint density at radius 3 is 2.64 bits per heavy atom. The van der Waals surface area contributed by atoms with E-state index in [4.69, 9.17) is 5.73 Å². The fraction of sp³-hybridized carbons (Fsp3) is 0.200. The highest BCUT2D eigenvalue weighted by Gasteiger charge is 2.33. The van der Waals surface area contributed by atoms with Crippen LogP contribution in [0, 0.1) is 5.92 Å². The van der Waals surface area contributed by atoms with Crippen molar-refractivity contribution in [2.45, 2.75) is 6.04 Å². The number of nitrogens with two attached hydrogens (primary N) is 1. The molecule has 0 saturated carbocycles. The van der Waals surface area contributed by atoms with Gasteiger partial charge in [0.15, 0.2) is 0 Å². The number of fused-ring (bicyclic) bond motifs is 1. The second-order valence-corrected chi connectivity index (χ2v) is 6.66. The lowest BCUT2D eigenvalue weighted by Gasteiger charge is -2.21. The maximum absolute atomic E-state index is 12.7. The fourth-order valence-corrected chi connectivity index (χ4v) is 3.44. The highest BCUT2D eigenvalue weighted by Crippen LogP contribution is 2.25. The van der Waals surface area contributed by atoms with Gasteiger partial charge in [0.2, 0.25) is 5.91 Å². The van der Waals surface area contributed by atoms with Gasteiger partial charge in [-0.3, -0.25) is 9.59 Å². The van der Waals surface area contributed by atoms with Gasteiger partial charge in [-0.15, -0.1) is 0 Å². The Balaban J connectivity index is 1.57. The molecule has 8 heteroatoms. The number of carbonyl (C=O) groups is 2. The lowest BCUT2D eigenvalue weighted by Crippen LogP contribution is -2.37. The molecule has 8 nitrogen and oxygen atoms in total. The highest BCUT2D eigenvalue weighted by atomic mass is 16.2. The molecule has 0 spiro atoms. The number of nitrogens with one attached hydrogen (secondary N) is 3. The molecule has 4 rings (SSSR count). The average Bonchev–Trinajstić information content (AvgIpc) is 3.17. The van der Waals surface area contributed by atoms with Crippen molar-refractivity contribution in [2.24, 2.45) is 11.7 Å². The van der Waals surface area contributed by atoms with E-state index < -0.39 is 5.91 Å². The predicted molar refractivity (Wildman–Crippen MR) is 107 cm³/mol. The summed E-state index contributed by atoms with van der Waals surface area (Å²) in [6.07, 6.45) is 1.39. The number of hydrogen-bond acceptors (Lipinski definition) is 6. The summed E-state index contributed by atoms with van der Waals surface area (Å²) in [7, 11) is 0. The molecule has 1 aliphatic heterocycles. The monoisotopic (exact) mass is 376 g/mol. The zero-order chi connectivity index (χ0) is 19.5. The Kier molecular flexibility index (Phi) is 4.86. The molecule has 1 saturated heterocycles. The van der Waals surface area contributed by atoms with Crippen molar-refractivity contribution in [3.05, 3.63) is 60.4 Å². The van der Waals surface area contributed by atoms with Crippen LogP contribution < -0.4 is 21.7 Å². The first-order valence-corrected chi connectivity index (χ1v) is 9.00. The summed E-state index contributed by atoms with van der Waals surface area (Å²) < 4.78 is 0. The molecule has 0 radical (unpaired) electrons. The molecular formula is C20H20N6O2. The third-order valence-corrected chi connectivity index (χ3v) is 4.84. The minimum Gasteiger partial charge on any atom is -0.366 e. The van der Waals surface area contributed by atoms with E-state index in [0.29, 0.717) is 35.4 Å². The number of benzene rings is 2. The van der Waals surface area contributed by atoms with Gasteiger partial charge >= 0.3 is 0 Å². The SMILES string of the molecule is NC(=O)c1cccc2c(NC3CNCC3C(=O)Nc3ccccc3)ncnc12. The van der Waals surface area contributed by atoms with E-state index in [1.165, 1.54) is 6.33 Å². The van der Waals surface area contributed by atoms with E-state index in [0.717, 1.165) is 5.69 Å². The van der Waals surface area contributed by atoms with Gasteiger partial charge in [0, 0.05) is 24.2 Å². The van der Waals surface area contributed by atoms with Crippen LogP contribution in [-0.4, -0.2) is 40.9 Å². The first-order chi connectivity index (χ1) is 13.6. The van der Waals surface area contributed by atoms with Crippen molar-refractivity contribution in [3.8, 4) is 0 Å². The number of amides is 2. The van der Waals surface area contributed by atoms with Crippen LogP contribution in [-0.2, 0) is 4.79 Å². The van der Waals surface area contributed by atoms with Gasteiger partial charge in [-0.25, -0.2) is 9.97 Å². The quantitative estimate of drug-likeness (QED) is 0.533. The molecule has 0 aliphatic carbocycles. The highest BCUT2D eigenvalue weighted by molar-refractivity contribution is 6.07. The molecular weight excluding hydrogens is 356 g/mol. The number of nitrogens with zero attached hydrogens (tertiary/aromatic N) is 2. The maximum atomic E-state index is 12.7. The molecule has 28 heavy (non-hydrogen) atoms. The van der Waals surface area contributed by atoms with Crippen LogP contribution in [0.2, 0.25) is 0 Å². The third kappa shape index (κ3) is 3.49. The van der Waals surface area contributed by atoms with Gasteiger partial charge in [-0.05, 0) is 24.3 Å². The number of hydrogen-bond donors (Lipinski definition) is 4. The van der Waals surface area contributed by atoms with Crippen LogP contribution in [0.25, 0.3) is 10.9 Å². The Labute approximate surface area is 161 Å². The van der Waals surface area contributed by atoms with E-state index in [1.807, 2.05) is 36.4 Å². The van der Waals surface area contributed by atoms with E-state index in [-0.39, 0.29) is 17.9 Å². The molecule has 142 valence electrons. The normalized spacial score (nSPS) is 18.7. The molecule has 2 unspecified atom stereocenters. The van der Waals surface area contributed by atoms with E-state index in [1.54, 1.807) is 12.1 Å². The van der Waals surface area contributed by atoms with Crippen LogP contribution in [0.15, 0.2) is 54.9 Å². The van der Waals surface area contributed by atoms with Crippen LogP contribution in [0.5, 0.6) is 0 Å². The number of primary amides is 1. The molecule has 2 amide bonds. The summed E-state index contributed by atoms with van der Waals surface area (Å²) >= 11 is 0.